The molecule has 1 aromatic rings. The molecule has 0 radical (unpaired) electrons. The Morgan fingerprint density at radius 1 is 1.28 bits per heavy atom. The number of rotatable bonds is 2. The molecular formula is C16H23NO. The maximum absolute atomic E-state index is 5.41. The Kier molecular flexibility index (Phi) is 3.29. The summed E-state index contributed by atoms with van der Waals surface area (Å²) in [5.74, 6) is 1.82. The van der Waals surface area contributed by atoms with E-state index in [1.165, 1.54) is 50.8 Å². The van der Waals surface area contributed by atoms with E-state index in [0.29, 0.717) is 5.41 Å². The van der Waals surface area contributed by atoms with Crippen LogP contribution in [0.4, 0.5) is 0 Å². The molecule has 2 nitrogen and oxygen atoms in total. The SMILES string of the molecule is COc1cccc([C@]23CCCNC[C@@H]2CCC3)c1. The van der Waals surface area contributed by atoms with E-state index in [1.807, 2.05) is 0 Å². The third-order valence-corrected chi connectivity index (χ3v) is 4.97. The summed E-state index contributed by atoms with van der Waals surface area (Å²) in [5, 5.41) is 3.61. The van der Waals surface area contributed by atoms with Gasteiger partial charge in [0.05, 0.1) is 7.11 Å². The summed E-state index contributed by atoms with van der Waals surface area (Å²) in [6, 6.07) is 8.78. The number of nitrogens with one attached hydrogen (secondary N) is 1. The molecule has 1 aliphatic carbocycles. The van der Waals surface area contributed by atoms with Crippen LogP contribution in [0.5, 0.6) is 5.75 Å². The first kappa shape index (κ1) is 12.0. The Hall–Kier alpha value is -1.02. The van der Waals surface area contributed by atoms with E-state index in [9.17, 15) is 0 Å². The lowest BCUT2D eigenvalue weighted by Gasteiger charge is -2.35. The number of hydrogen-bond donors (Lipinski definition) is 1. The van der Waals surface area contributed by atoms with E-state index >= 15 is 0 Å². The quantitative estimate of drug-likeness (QED) is 0.864. The fourth-order valence-corrected chi connectivity index (χ4v) is 4.03. The van der Waals surface area contributed by atoms with Gasteiger partial charge in [0.1, 0.15) is 5.75 Å². The minimum atomic E-state index is 0.415. The normalized spacial score (nSPS) is 31.7. The van der Waals surface area contributed by atoms with Crippen molar-refractivity contribution in [1.82, 2.24) is 5.32 Å². The van der Waals surface area contributed by atoms with Crippen molar-refractivity contribution >= 4 is 0 Å². The molecule has 2 fully saturated rings. The zero-order valence-electron chi connectivity index (χ0n) is 11.2. The third-order valence-electron chi connectivity index (χ3n) is 4.97. The summed E-state index contributed by atoms with van der Waals surface area (Å²) in [4.78, 5) is 0. The van der Waals surface area contributed by atoms with Crippen LogP contribution < -0.4 is 10.1 Å². The maximum atomic E-state index is 5.41. The standard InChI is InChI=1S/C16H23NO/c1-18-15-7-2-5-13(11-15)16-8-3-6-14(16)12-17-10-4-9-16/h2,5,7,11,14,17H,3-4,6,8-10,12H2,1H3/t14-,16-/m0/s1. The highest BCUT2D eigenvalue weighted by atomic mass is 16.5. The highest BCUT2D eigenvalue weighted by Crippen LogP contribution is 2.49. The van der Waals surface area contributed by atoms with Crippen molar-refractivity contribution in [3.8, 4) is 5.75 Å². The molecular weight excluding hydrogens is 222 g/mol. The minimum Gasteiger partial charge on any atom is -0.497 e. The van der Waals surface area contributed by atoms with Crippen molar-refractivity contribution in [2.45, 2.75) is 37.5 Å². The van der Waals surface area contributed by atoms with Crippen LogP contribution in [0.2, 0.25) is 0 Å². The van der Waals surface area contributed by atoms with Crippen LogP contribution in [0.3, 0.4) is 0 Å². The summed E-state index contributed by atoms with van der Waals surface area (Å²) in [7, 11) is 1.76. The number of benzene rings is 1. The lowest BCUT2D eigenvalue weighted by Crippen LogP contribution is -2.33. The summed E-state index contributed by atoms with van der Waals surface area (Å²) >= 11 is 0. The predicted molar refractivity (Wildman–Crippen MR) is 74.1 cm³/mol. The molecule has 1 saturated heterocycles. The topological polar surface area (TPSA) is 21.3 Å². The lowest BCUT2D eigenvalue weighted by atomic mass is 9.70. The van der Waals surface area contributed by atoms with Crippen molar-refractivity contribution in [2.24, 2.45) is 5.92 Å². The van der Waals surface area contributed by atoms with Crippen LogP contribution in [-0.4, -0.2) is 20.2 Å². The zero-order valence-corrected chi connectivity index (χ0v) is 11.2. The van der Waals surface area contributed by atoms with Gasteiger partial charge in [0.25, 0.3) is 0 Å². The Balaban J connectivity index is 1.99. The molecule has 1 aromatic carbocycles. The van der Waals surface area contributed by atoms with Crippen LogP contribution in [0.1, 0.15) is 37.7 Å². The molecule has 2 aliphatic rings. The van der Waals surface area contributed by atoms with E-state index in [-0.39, 0.29) is 0 Å². The summed E-state index contributed by atoms with van der Waals surface area (Å²) < 4.78 is 5.41. The smallest absolute Gasteiger partial charge is 0.119 e. The molecule has 0 spiro atoms. The Labute approximate surface area is 110 Å². The molecule has 0 aromatic heterocycles. The van der Waals surface area contributed by atoms with Crippen LogP contribution in [0, 0.1) is 5.92 Å². The highest BCUT2D eigenvalue weighted by Gasteiger charge is 2.44. The van der Waals surface area contributed by atoms with Crippen molar-refractivity contribution in [1.29, 1.82) is 0 Å². The first-order valence-electron chi connectivity index (χ1n) is 7.20. The van der Waals surface area contributed by atoms with Crippen LogP contribution in [0.15, 0.2) is 24.3 Å². The van der Waals surface area contributed by atoms with Gasteiger partial charge in [-0.2, -0.15) is 0 Å². The fourth-order valence-electron chi connectivity index (χ4n) is 4.03. The first-order chi connectivity index (χ1) is 8.85. The average Bonchev–Trinajstić information content (AvgIpc) is 2.73. The highest BCUT2D eigenvalue weighted by molar-refractivity contribution is 5.35. The average molecular weight is 245 g/mol. The maximum Gasteiger partial charge on any atom is 0.119 e. The predicted octanol–water partition coefficient (Wildman–Crippen LogP) is 3.12. The van der Waals surface area contributed by atoms with Gasteiger partial charge in [-0.05, 0) is 67.8 Å². The number of fused-ring (bicyclic) bond motifs is 1. The molecule has 1 saturated carbocycles. The minimum absolute atomic E-state index is 0.415. The van der Waals surface area contributed by atoms with Crippen molar-refractivity contribution < 1.29 is 4.74 Å². The molecule has 0 bridgehead atoms. The molecule has 0 amide bonds. The molecule has 1 aliphatic heterocycles. The Morgan fingerprint density at radius 3 is 3.06 bits per heavy atom. The summed E-state index contributed by atoms with van der Waals surface area (Å²) in [6.45, 7) is 2.37. The van der Waals surface area contributed by atoms with Gasteiger partial charge in [-0.3, -0.25) is 0 Å². The molecule has 98 valence electrons. The Bertz CT molecular complexity index is 417. The molecule has 18 heavy (non-hydrogen) atoms. The van der Waals surface area contributed by atoms with Gasteiger partial charge in [0.15, 0.2) is 0 Å². The van der Waals surface area contributed by atoms with E-state index < -0.39 is 0 Å². The number of ether oxygens (including phenoxy) is 1. The van der Waals surface area contributed by atoms with Crippen LogP contribution >= 0.6 is 0 Å². The van der Waals surface area contributed by atoms with E-state index in [0.717, 1.165) is 11.7 Å². The largest absolute Gasteiger partial charge is 0.497 e. The van der Waals surface area contributed by atoms with Gasteiger partial charge < -0.3 is 10.1 Å². The van der Waals surface area contributed by atoms with Crippen LogP contribution in [0.25, 0.3) is 0 Å². The van der Waals surface area contributed by atoms with E-state index in [1.54, 1.807) is 7.11 Å². The van der Waals surface area contributed by atoms with Gasteiger partial charge in [0.2, 0.25) is 0 Å². The lowest BCUT2D eigenvalue weighted by molar-refractivity contribution is 0.305. The fraction of sp³-hybridized carbons (Fsp3) is 0.625. The van der Waals surface area contributed by atoms with Crippen molar-refractivity contribution in [3.05, 3.63) is 29.8 Å². The number of hydrogen-bond acceptors (Lipinski definition) is 2. The molecule has 1 heterocycles. The van der Waals surface area contributed by atoms with E-state index in [4.69, 9.17) is 4.74 Å². The van der Waals surface area contributed by atoms with Crippen molar-refractivity contribution in [2.75, 3.05) is 20.2 Å². The number of methoxy groups -OCH3 is 1. The van der Waals surface area contributed by atoms with Gasteiger partial charge in [-0.25, -0.2) is 0 Å². The Morgan fingerprint density at radius 2 is 2.17 bits per heavy atom. The van der Waals surface area contributed by atoms with Gasteiger partial charge >= 0.3 is 0 Å². The summed E-state index contributed by atoms with van der Waals surface area (Å²) in [5.41, 5.74) is 1.92. The summed E-state index contributed by atoms with van der Waals surface area (Å²) in [6.07, 6.45) is 6.74. The monoisotopic (exact) mass is 245 g/mol. The van der Waals surface area contributed by atoms with E-state index in [2.05, 4.69) is 29.6 Å². The van der Waals surface area contributed by atoms with Crippen LogP contribution in [-0.2, 0) is 5.41 Å². The van der Waals surface area contributed by atoms with Gasteiger partial charge in [-0.15, -0.1) is 0 Å². The van der Waals surface area contributed by atoms with Gasteiger partial charge in [-0.1, -0.05) is 18.6 Å². The third kappa shape index (κ3) is 1.93. The molecule has 2 atom stereocenters. The first-order valence-corrected chi connectivity index (χ1v) is 7.20. The van der Waals surface area contributed by atoms with Gasteiger partial charge in [0, 0.05) is 0 Å². The zero-order chi connectivity index (χ0) is 12.4. The van der Waals surface area contributed by atoms with Crippen molar-refractivity contribution in [3.63, 3.8) is 0 Å². The second kappa shape index (κ2) is 4.93. The molecule has 1 N–H and O–H groups in total. The molecule has 0 unspecified atom stereocenters. The second-order valence-corrected chi connectivity index (χ2v) is 5.78. The second-order valence-electron chi connectivity index (χ2n) is 5.78. The molecule has 3 rings (SSSR count). The molecule has 2 heteroatoms.